The summed E-state index contributed by atoms with van der Waals surface area (Å²) in [7, 11) is -1.80. The van der Waals surface area contributed by atoms with Gasteiger partial charge in [0.1, 0.15) is 0 Å². The van der Waals surface area contributed by atoms with E-state index in [1.165, 1.54) is 0 Å². The summed E-state index contributed by atoms with van der Waals surface area (Å²) in [6.45, 7) is 8.57. The van der Waals surface area contributed by atoms with E-state index < -0.39 is 8.32 Å². The summed E-state index contributed by atoms with van der Waals surface area (Å²) in [4.78, 5) is 10.0. The molecule has 1 atom stereocenters. The second-order valence-electron chi connectivity index (χ2n) is 3.12. The largest absolute Gasteiger partial charge is 0.431 e. The van der Waals surface area contributed by atoms with Gasteiger partial charge in [-0.05, 0) is 17.6 Å². The Balaban J connectivity index is 4.02. The lowest BCUT2D eigenvalue weighted by molar-refractivity contribution is 0.502. The van der Waals surface area contributed by atoms with Crippen LogP contribution in [0.2, 0.25) is 17.6 Å². The molecular formula is C8H20OSi. The van der Waals surface area contributed by atoms with E-state index in [4.69, 9.17) is 0 Å². The fourth-order valence-corrected chi connectivity index (χ4v) is 3.98. The first kappa shape index (κ1) is 10.2. The highest BCUT2D eigenvalue weighted by Gasteiger charge is 2.31. The molecule has 0 aromatic heterocycles. The van der Waals surface area contributed by atoms with Gasteiger partial charge in [0.25, 0.3) is 0 Å². The van der Waals surface area contributed by atoms with Crippen LogP contribution < -0.4 is 0 Å². The fraction of sp³-hybridized carbons (Fsp3) is 1.00. The average molecular weight is 160 g/mol. The Hall–Kier alpha value is 0.177. The molecule has 0 spiro atoms. The second-order valence-corrected chi connectivity index (χ2v) is 7.73. The normalized spacial score (nSPS) is 15.3. The molecule has 0 saturated heterocycles. The number of rotatable bonds is 4. The summed E-state index contributed by atoms with van der Waals surface area (Å²) in [5.41, 5.74) is 0.572. The molecule has 0 aromatic rings. The van der Waals surface area contributed by atoms with Crippen LogP contribution in [0.25, 0.3) is 0 Å². The van der Waals surface area contributed by atoms with Gasteiger partial charge in [-0.1, -0.05) is 34.1 Å². The van der Waals surface area contributed by atoms with Crippen LogP contribution in [0.15, 0.2) is 0 Å². The summed E-state index contributed by atoms with van der Waals surface area (Å²) in [6.07, 6.45) is 1.13. The van der Waals surface area contributed by atoms with E-state index in [1.54, 1.807) is 0 Å². The molecule has 0 rings (SSSR count). The van der Waals surface area contributed by atoms with Crippen LogP contribution in [0.4, 0.5) is 0 Å². The summed E-state index contributed by atoms with van der Waals surface area (Å²) in [5.74, 6) is 0. The van der Waals surface area contributed by atoms with Gasteiger partial charge >= 0.3 is 0 Å². The molecule has 62 valence electrons. The van der Waals surface area contributed by atoms with Crippen molar-refractivity contribution in [2.45, 2.75) is 51.7 Å². The lowest BCUT2D eigenvalue weighted by Crippen LogP contribution is -2.36. The van der Waals surface area contributed by atoms with Gasteiger partial charge in [0.2, 0.25) is 0 Å². The zero-order chi connectivity index (χ0) is 8.20. The van der Waals surface area contributed by atoms with Gasteiger partial charge in [-0.25, -0.2) is 0 Å². The molecule has 0 bridgehead atoms. The molecule has 0 fully saturated rings. The van der Waals surface area contributed by atoms with Gasteiger partial charge in [-0.15, -0.1) is 0 Å². The van der Waals surface area contributed by atoms with Crippen LogP contribution in [0.5, 0.6) is 0 Å². The minimum absolute atomic E-state index is 0.572. The predicted octanol–water partition coefficient (Wildman–Crippen LogP) is 2.76. The molecule has 10 heavy (non-hydrogen) atoms. The summed E-state index contributed by atoms with van der Waals surface area (Å²) in [6, 6.07) is 2.02. The highest BCUT2D eigenvalue weighted by Crippen LogP contribution is 2.28. The van der Waals surface area contributed by atoms with Crippen molar-refractivity contribution in [1.82, 2.24) is 0 Å². The van der Waals surface area contributed by atoms with Crippen molar-refractivity contribution in [2.24, 2.45) is 0 Å². The standard InChI is InChI=1S/C8H20OSi/c1-5-8(4)10(9,6-2)7-3/h8-9H,5-7H2,1-4H3. The first-order chi connectivity index (χ1) is 4.60. The minimum atomic E-state index is -1.80. The maximum absolute atomic E-state index is 10.0. The monoisotopic (exact) mass is 160 g/mol. The quantitative estimate of drug-likeness (QED) is 0.627. The lowest BCUT2D eigenvalue weighted by atomic mass is 10.4. The molecule has 1 N–H and O–H groups in total. The van der Waals surface area contributed by atoms with Gasteiger partial charge in [0.15, 0.2) is 8.32 Å². The molecule has 1 nitrogen and oxygen atoms in total. The highest BCUT2D eigenvalue weighted by molar-refractivity contribution is 6.73. The van der Waals surface area contributed by atoms with Gasteiger partial charge in [0.05, 0.1) is 0 Å². The Kier molecular flexibility index (Phi) is 4.21. The molecule has 0 aliphatic rings. The lowest BCUT2D eigenvalue weighted by Gasteiger charge is -2.28. The van der Waals surface area contributed by atoms with Crippen molar-refractivity contribution < 1.29 is 4.80 Å². The molecule has 0 saturated carbocycles. The predicted molar refractivity (Wildman–Crippen MR) is 48.6 cm³/mol. The van der Waals surface area contributed by atoms with Gasteiger partial charge < -0.3 is 4.80 Å². The van der Waals surface area contributed by atoms with Crippen molar-refractivity contribution in [2.75, 3.05) is 0 Å². The smallest absolute Gasteiger partial charge is 0.190 e. The van der Waals surface area contributed by atoms with Crippen molar-refractivity contribution in [1.29, 1.82) is 0 Å². The molecule has 0 aliphatic carbocycles. The van der Waals surface area contributed by atoms with E-state index >= 15 is 0 Å². The van der Waals surface area contributed by atoms with Crippen LogP contribution in [0.1, 0.15) is 34.1 Å². The van der Waals surface area contributed by atoms with Crippen molar-refractivity contribution >= 4 is 8.32 Å². The van der Waals surface area contributed by atoms with Gasteiger partial charge in [0, 0.05) is 0 Å². The van der Waals surface area contributed by atoms with Gasteiger partial charge in [-0.3, -0.25) is 0 Å². The van der Waals surface area contributed by atoms with Crippen LogP contribution in [0.3, 0.4) is 0 Å². The Morgan fingerprint density at radius 3 is 1.70 bits per heavy atom. The third-order valence-electron chi connectivity index (χ3n) is 2.75. The zero-order valence-electron chi connectivity index (χ0n) is 7.65. The van der Waals surface area contributed by atoms with Crippen LogP contribution in [0, 0.1) is 0 Å². The van der Waals surface area contributed by atoms with E-state index in [-0.39, 0.29) is 0 Å². The Labute approximate surface area is 65.6 Å². The second kappa shape index (κ2) is 4.14. The topological polar surface area (TPSA) is 20.2 Å². The molecule has 1 unspecified atom stereocenters. The first-order valence-corrected chi connectivity index (χ1v) is 6.77. The van der Waals surface area contributed by atoms with Crippen molar-refractivity contribution in [3.8, 4) is 0 Å². The Morgan fingerprint density at radius 1 is 1.20 bits per heavy atom. The SMILES string of the molecule is CCC(C)[Si](O)(CC)CC. The molecule has 0 radical (unpaired) electrons. The van der Waals surface area contributed by atoms with E-state index in [2.05, 4.69) is 27.7 Å². The number of hydrogen-bond donors (Lipinski definition) is 1. The maximum Gasteiger partial charge on any atom is 0.190 e. The van der Waals surface area contributed by atoms with E-state index in [0.717, 1.165) is 18.5 Å². The van der Waals surface area contributed by atoms with Crippen molar-refractivity contribution in [3.63, 3.8) is 0 Å². The zero-order valence-corrected chi connectivity index (χ0v) is 8.65. The Morgan fingerprint density at radius 2 is 1.60 bits per heavy atom. The molecule has 0 heterocycles. The van der Waals surface area contributed by atoms with E-state index in [9.17, 15) is 4.80 Å². The van der Waals surface area contributed by atoms with Crippen LogP contribution >= 0.6 is 0 Å². The molecule has 0 amide bonds. The third-order valence-corrected chi connectivity index (χ3v) is 7.45. The average Bonchev–Trinajstić information content (AvgIpc) is 2.01. The summed E-state index contributed by atoms with van der Waals surface area (Å²) >= 11 is 0. The van der Waals surface area contributed by atoms with E-state index in [0.29, 0.717) is 5.54 Å². The van der Waals surface area contributed by atoms with Crippen LogP contribution in [-0.2, 0) is 0 Å². The fourth-order valence-electron chi connectivity index (χ4n) is 1.33. The van der Waals surface area contributed by atoms with Gasteiger partial charge in [-0.2, -0.15) is 0 Å². The molecule has 0 aromatic carbocycles. The van der Waals surface area contributed by atoms with Crippen LogP contribution in [-0.4, -0.2) is 13.1 Å². The third kappa shape index (κ3) is 2.10. The first-order valence-electron chi connectivity index (χ1n) is 4.33. The number of hydrogen-bond acceptors (Lipinski definition) is 1. The van der Waals surface area contributed by atoms with Crippen molar-refractivity contribution in [3.05, 3.63) is 0 Å². The maximum atomic E-state index is 10.0. The summed E-state index contributed by atoms with van der Waals surface area (Å²) in [5, 5.41) is 0. The Bertz CT molecular complexity index is 89.3. The molecule has 2 heteroatoms. The summed E-state index contributed by atoms with van der Waals surface area (Å²) < 4.78 is 0. The minimum Gasteiger partial charge on any atom is -0.431 e. The van der Waals surface area contributed by atoms with E-state index in [1.807, 2.05) is 0 Å². The molecular weight excluding hydrogens is 140 g/mol. The highest BCUT2D eigenvalue weighted by atomic mass is 28.4. The molecule has 0 aliphatic heterocycles.